The minimum Gasteiger partial charge on any atom is -0.497 e. The van der Waals surface area contributed by atoms with Gasteiger partial charge in [-0.05, 0) is 31.3 Å². The standard InChI is InChI=1S/C21H25N3O5/c1-24(13-21(26)23-15-6-5-7-16(10-15)27-2)12-20(25)22-11-17-14-28-18-8-3-4-9-19(18)29-17/h3-10,17H,11-14H2,1-2H3,(H,22,25)(H,23,26)/t17-/m1/s1. The third-order valence-corrected chi connectivity index (χ3v) is 4.27. The topological polar surface area (TPSA) is 89.1 Å². The summed E-state index contributed by atoms with van der Waals surface area (Å²) >= 11 is 0. The van der Waals surface area contributed by atoms with Crippen molar-refractivity contribution in [1.82, 2.24) is 10.2 Å². The summed E-state index contributed by atoms with van der Waals surface area (Å²) in [6.07, 6.45) is -0.254. The summed E-state index contributed by atoms with van der Waals surface area (Å²) in [6.45, 7) is 0.879. The predicted octanol–water partition coefficient (Wildman–Crippen LogP) is 1.52. The summed E-state index contributed by atoms with van der Waals surface area (Å²) in [6, 6.07) is 14.5. The second kappa shape index (κ2) is 9.79. The van der Waals surface area contributed by atoms with E-state index < -0.39 is 0 Å². The van der Waals surface area contributed by atoms with E-state index in [0.717, 1.165) is 0 Å². The quantitative estimate of drug-likeness (QED) is 0.700. The van der Waals surface area contributed by atoms with E-state index in [1.807, 2.05) is 24.3 Å². The molecule has 2 N–H and O–H groups in total. The maximum absolute atomic E-state index is 12.2. The van der Waals surface area contributed by atoms with Gasteiger partial charge in [-0.3, -0.25) is 14.5 Å². The number of anilines is 1. The lowest BCUT2D eigenvalue weighted by atomic mass is 10.2. The predicted molar refractivity (Wildman–Crippen MR) is 108 cm³/mol. The van der Waals surface area contributed by atoms with E-state index in [0.29, 0.717) is 36.1 Å². The highest BCUT2D eigenvalue weighted by Crippen LogP contribution is 2.30. The first-order chi connectivity index (χ1) is 14.0. The SMILES string of the molecule is COc1cccc(NC(=O)CN(C)CC(=O)NC[C@@H]2COc3ccccc3O2)c1. The molecule has 0 radical (unpaired) electrons. The van der Waals surface area contributed by atoms with Crippen LogP contribution in [0.1, 0.15) is 0 Å². The Morgan fingerprint density at radius 3 is 2.66 bits per heavy atom. The van der Waals surface area contributed by atoms with Crippen LogP contribution in [0.2, 0.25) is 0 Å². The first-order valence-electron chi connectivity index (χ1n) is 9.31. The zero-order chi connectivity index (χ0) is 20.6. The Labute approximate surface area is 169 Å². The minimum atomic E-state index is -0.254. The van der Waals surface area contributed by atoms with Crippen molar-refractivity contribution in [1.29, 1.82) is 0 Å². The third-order valence-electron chi connectivity index (χ3n) is 4.27. The molecular weight excluding hydrogens is 374 g/mol. The van der Waals surface area contributed by atoms with E-state index in [1.165, 1.54) is 0 Å². The number of hydrogen-bond donors (Lipinski definition) is 2. The maximum atomic E-state index is 12.2. The number of nitrogens with zero attached hydrogens (tertiary/aromatic N) is 1. The van der Waals surface area contributed by atoms with Gasteiger partial charge in [0.15, 0.2) is 11.5 Å². The van der Waals surface area contributed by atoms with Crippen LogP contribution in [-0.4, -0.2) is 63.2 Å². The van der Waals surface area contributed by atoms with Crippen LogP contribution in [0.25, 0.3) is 0 Å². The van der Waals surface area contributed by atoms with Crippen molar-refractivity contribution >= 4 is 17.5 Å². The molecule has 2 amide bonds. The molecule has 2 aromatic carbocycles. The number of benzene rings is 2. The van der Waals surface area contributed by atoms with Crippen LogP contribution in [0.3, 0.4) is 0 Å². The fourth-order valence-corrected chi connectivity index (χ4v) is 2.89. The molecule has 1 aliphatic heterocycles. The molecule has 8 nitrogen and oxygen atoms in total. The highest BCUT2D eigenvalue weighted by Gasteiger charge is 2.21. The molecule has 0 spiro atoms. The van der Waals surface area contributed by atoms with E-state index in [-0.39, 0.29) is 31.0 Å². The molecule has 1 aliphatic rings. The van der Waals surface area contributed by atoms with Crippen LogP contribution >= 0.6 is 0 Å². The van der Waals surface area contributed by atoms with Crippen molar-refractivity contribution in [2.45, 2.75) is 6.10 Å². The molecule has 1 atom stereocenters. The number of hydrogen-bond acceptors (Lipinski definition) is 6. The Kier molecular flexibility index (Phi) is 6.91. The monoisotopic (exact) mass is 399 g/mol. The second-order valence-corrected chi connectivity index (χ2v) is 6.75. The first kappa shape index (κ1) is 20.5. The third kappa shape index (κ3) is 6.11. The van der Waals surface area contributed by atoms with E-state index >= 15 is 0 Å². The molecule has 0 bridgehead atoms. The van der Waals surface area contributed by atoms with E-state index in [9.17, 15) is 9.59 Å². The van der Waals surface area contributed by atoms with Crippen molar-refractivity contribution in [3.63, 3.8) is 0 Å². The van der Waals surface area contributed by atoms with Gasteiger partial charge >= 0.3 is 0 Å². The van der Waals surface area contributed by atoms with Gasteiger partial charge in [-0.25, -0.2) is 0 Å². The number of para-hydroxylation sites is 2. The average molecular weight is 399 g/mol. The molecule has 0 saturated carbocycles. The van der Waals surface area contributed by atoms with Gasteiger partial charge in [-0.2, -0.15) is 0 Å². The molecule has 3 rings (SSSR count). The van der Waals surface area contributed by atoms with Crippen LogP contribution in [0, 0.1) is 0 Å². The van der Waals surface area contributed by atoms with E-state index in [1.54, 1.807) is 43.3 Å². The number of nitrogens with one attached hydrogen (secondary N) is 2. The second-order valence-electron chi connectivity index (χ2n) is 6.75. The number of rotatable bonds is 8. The molecule has 29 heavy (non-hydrogen) atoms. The lowest BCUT2D eigenvalue weighted by Gasteiger charge is -2.26. The highest BCUT2D eigenvalue weighted by atomic mass is 16.6. The fourth-order valence-electron chi connectivity index (χ4n) is 2.89. The van der Waals surface area contributed by atoms with Crippen molar-refractivity contribution in [2.75, 3.05) is 45.7 Å². The van der Waals surface area contributed by atoms with Gasteiger partial charge in [-0.15, -0.1) is 0 Å². The molecule has 0 fully saturated rings. The van der Waals surface area contributed by atoms with Crippen LogP contribution in [0.4, 0.5) is 5.69 Å². The van der Waals surface area contributed by atoms with Gasteiger partial charge in [0.05, 0.1) is 26.7 Å². The molecular formula is C21H25N3O5. The van der Waals surface area contributed by atoms with Gasteiger partial charge in [0.1, 0.15) is 18.5 Å². The van der Waals surface area contributed by atoms with Gasteiger partial charge in [0.25, 0.3) is 0 Å². The normalized spacial score (nSPS) is 14.9. The van der Waals surface area contributed by atoms with E-state index in [4.69, 9.17) is 14.2 Å². The van der Waals surface area contributed by atoms with Gasteiger partial charge in [-0.1, -0.05) is 18.2 Å². The summed E-state index contributed by atoms with van der Waals surface area (Å²) in [5, 5.41) is 5.60. The molecule has 8 heteroatoms. The van der Waals surface area contributed by atoms with Crippen LogP contribution in [0.15, 0.2) is 48.5 Å². The number of fused-ring (bicyclic) bond motifs is 1. The van der Waals surface area contributed by atoms with Gasteiger partial charge < -0.3 is 24.8 Å². The Morgan fingerprint density at radius 1 is 1.10 bits per heavy atom. The minimum absolute atomic E-state index is 0.0844. The molecule has 0 aromatic heterocycles. The Hall–Kier alpha value is -3.26. The molecule has 1 heterocycles. The van der Waals surface area contributed by atoms with Crippen molar-refractivity contribution in [3.05, 3.63) is 48.5 Å². The Balaban J connectivity index is 1.38. The number of likely N-dealkylation sites (N-methyl/N-ethyl adjacent to an activating group) is 1. The summed E-state index contributed by atoms with van der Waals surface area (Å²) in [5.74, 6) is 1.63. The maximum Gasteiger partial charge on any atom is 0.238 e. The van der Waals surface area contributed by atoms with Crippen LogP contribution in [0.5, 0.6) is 17.2 Å². The summed E-state index contributed by atoms with van der Waals surface area (Å²) in [4.78, 5) is 26.0. The molecule has 0 aliphatic carbocycles. The van der Waals surface area contributed by atoms with E-state index in [2.05, 4.69) is 10.6 Å². The van der Waals surface area contributed by atoms with Crippen molar-refractivity contribution < 1.29 is 23.8 Å². The smallest absolute Gasteiger partial charge is 0.238 e. The Morgan fingerprint density at radius 2 is 1.86 bits per heavy atom. The average Bonchev–Trinajstić information content (AvgIpc) is 2.72. The lowest BCUT2D eigenvalue weighted by molar-refractivity contribution is -0.123. The number of methoxy groups -OCH3 is 1. The molecule has 154 valence electrons. The molecule has 2 aromatic rings. The summed E-state index contributed by atoms with van der Waals surface area (Å²) in [5.41, 5.74) is 0.641. The molecule has 0 unspecified atom stereocenters. The van der Waals surface area contributed by atoms with Gasteiger partial charge in [0.2, 0.25) is 11.8 Å². The number of ether oxygens (including phenoxy) is 3. The van der Waals surface area contributed by atoms with Crippen molar-refractivity contribution in [2.24, 2.45) is 0 Å². The molecule has 0 saturated heterocycles. The van der Waals surface area contributed by atoms with Gasteiger partial charge in [0, 0.05) is 11.8 Å². The lowest BCUT2D eigenvalue weighted by Crippen LogP contribution is -2.44. The van der Waals surface area contributed by atoms with Crippen molar-refractivity contribution in [3.8, 4) is 17.2 Å². The highest BCUT2D eigenvalue weighted by molar-refractivity contribution is 5.92. The number of carbonyl (C=O) groups excluding carboxylic acids is 2. The fraction of sp³-hybridized carbons (Fsp3) is 0.333. The van der Waals surface area contributed by atoms with Crippen LogP contribution < -0.4 is 24.8 Å². The number of amides is 2. The largest absolute Gasteiger partial charge is 0.497 e. The van der Waals surface area contributed by atoms with Crippen LogP contribution in [-0.2, 0) is 9.59 Å². The Bertz CT molecular complexity index is 858. The zero-order valence-electron chi connectivity index (χ0n) is 16.5. The summed E-state index contributed by atoms with van der Waals surface area (Å²) in [7, 11) is 3.28. The number of carbonyl (C=O) groups is 2. The first-order valence-corrected chi connectivity index (χ1v) is 9.31. The summed E-state index contributed by atoms with van der Waals surface area (Å²) < 4.78 is 16.6. The zero-order valence-corrected chi connectivity index (χ0v) is 16.5.